The van der Waals surface area contributed by atoms with Crippen LogP contribution in [0.1, 0.15) is 23.7 Å². The maximum absolute atomic E-state index is 12.2. The predicted octanol–water partition coefficient (Wildman–Crippen LogP) is 4.52. The van der Waals surface area contributed by atoms with Gasteiger partial charge in [-0.25, -0.2) is 0 Å². The van der Waals surface area contributed by atoms with Crippen molar-refractivity contribution < 1.29 is 28.5 Å². The predicted molar refractivity (Wildman–Crippen MR) is 141 cm³/mol. The van der Waals surface area contributed by atoms with Crippen molar-refractivity contribution in [3.8, 4) is 23.0 Å². The number of pyridine rings is 1. The van der Waals surface area contributed by atoms with Gasteiger partial charge in [0.05, 0.1) is 52.5 Å². The molecular formula is C30H35N2O5+. The van der Waals surface area contributed by atoms with Crippen LogP contribution in [0, 0.1) is 17.3 Å². The van der Waals surface area contributed by atoms with E-state index in [1.807, 2.05) is 36.4 Å². The van der Waals surface area contributed by atoms with Crippen molar-refractivity contribution in [2.75, 3.05) is 41.5 Å². The summed E-state index contributed by atoms with van der Waals surface area (Å²) in [5.74, 6) is 3.78. The van der Waals surface area contributed by atoms with Crippen LogP contribution in [0.3, 0.4) is 0 Å². The Labute approximate surface area is 217 Å². The summed E-state index contributed by atoms with van der Waals surface area (Å²) in [6.07, 6.45) is 4.42. The number of piperidine rings is 3. The molecule has 6 atom stereocenters. The van der Waals surface area contributed by atoms with Crippen LogP contribution >= 0.6 is 0 Å². The first-order valence-electron chi connectivity index (χ1n) is 12.8. The molecule has 4 bridgehead atoms. The van der Waals surface area contributed by atoms with Crippen molar-refractivity contribution in [1.29, 1.82) is 0 Å². The van der Waals surface area contributed by atoms with Gasteiger partial charge in [-0.05, 0) is 47.9 Å². The number of nitrogens with zero attached hydrogens (tertiary/aromatic N) is 2. The Kier molecular flexibility index (Phi) is 5.62. The van der Waals surface area contributed by atoms with Gasteiger partial charge >= 0.3 is 0 Å². The zero-order valence-electron chi connectivity index (χ0n) is 21.9. The van der Waals surface area contributed by atoms with Crippen molar-refractivity contribution >= 4 is 10.9 Å². The average Bonchev–Trinajstić information content (AvgIpc) is 3.50. The van der Waals surface area contributed by atoms with Crippen molar-refractivity contribution in [1.82, 2.24) is 4.98 Å². The van der Waals surface area contributed by atoms with E-state index in [0.717, 1.165) is 58.3 Å². The number of methoxy groups -OCH3 is 4. The molecule has 7 heteroatoms. The van der Waals surface area contributed by atoms with Crippen LogP contribution in [-0.4, -0.2) is 62.1 Å². The van der Waals surface area contributed by atoms with E-state index in [1.165, 1.54) is 0 Å². The molecule has 37 heavy (non-hydrogen) atoms. The highest BCUT2D eigenvalue weighted by Crippen LogP contribution is 2.75. The van der Waals surface area contributed by atoms with E-state index in [9.17, 15) is 5.11 Å². The lowest BCUT2D eigenvalue weighted by Crippen LogP contribution is -2.61. The minimum absolute atomic E-state index is 0.00959. The van der Waals surface area contributed by atoms with Crippen LogP contribution in [-0.2, 0) is 6.54 Å². The van der Waals surface area contributed by atoms with Gasteiger partial charge in [-0.15, -0.1) is 6.58 Å². The van der Waals surface area contributed by atoms with Gasteiger partial charge in [0.15, 0.2) is 11.5 Å². The van der Waals surface area contributed by atoms with Crippen LogP contribution in [0.5, 0.6) is 23.0 Å². The first kappa shape index (κ1) is 24.1. The molecule has 1 N–H and O–H groups in total. The Hall–Kier alpha value is -3.29. The lowest BCUT2D eigenvalue weighted by atomic mass is 9.80. The number of rotatable bonds is 9. The van der Waals surface area contributed by atoms with Crippen LogP contribution in [0.2, 0.25) is 0 Å². The number of ether oxygens (including phenoxy) is 4. The van der Waals surface area contributed by atoms with E-state index in [4.69, 9.17) is 18.9 Å². The lowest BCUT2D eigenvalue weighted by Gasteiger charge is -2.50. The number of hydrogen-bond donors (Lipinski definition) is 1. The van der Waals surface area contributed by atoms with E-state index in [2.05, 4.69) is 17.6 Å². The molecule has 2 aromatic carbocycles. The van der Waals surface area contributed by atoms with E-state index < -0.39 is 6.10 Å². The Balaban J connectivity index is 1.45. The van der Waals surface area contributed by atoms with Crippen molar-refractivity contribution in [3.63, 3.8) is 0 Å². The van der Waals surface area contributed by atoms with Gasteiger partial charge in [-0.3, -0.25) is 4.98 Å². The monoisotopic (exact) mass is 503 g/mol. The molecule has 3 aliphatic heterocycles. The quantitative estimate of drug-likeness (QED) is 0.342. The third-order valence-corrected chi connectivity index (χ3v) is 9.38. The summed E-state index contributed by atoms with van der Waals surface area (Å²) >= 11 is 0. The molecule has 4 heterocycles. The molecule has 1 aromatic heterocycles. The van der Waals surface area contributed by atoms with Gasteiger partial charge in [0.1, 0.15) is 24.4 Å². The van der Waals surface area contributed by atoms with Gasteiger partial charge in [0.2, 0.25) is 5.75 Å². The number of hydrogen-bond acceptors (Lipinski definition) is 6. The fourth-order valence-corrected chi connectivity index (χ4v) is 7.90. The number of benzene rings is 2. The summed E-state index contributed by atoms with van der Waals surface area (Å²) in [7, 11) is 6.57. The molecular weight excluding hydrogens is 468 g/mol. The number of aliphatic hydroxyl groups excluding tert-OH is 1. The molecule has 4 aliphatic rings. The zero-order valence-corrected chi connectivity index (χ0v) is 21.9. The number of aromatic nitrogens is 1. The summed E-state index contributed by atoms with van der Waals surface area (Å²) < 4.78 is 23.2. The van der Waals surface area contributed by atoms with E-state index in [1.54, 1.807) is 34.6 Å². The summed E-state index contributed by atoms with van der Waals surface area (Å²) in [5, 5.41) is 13.2. The SMILES string of the molecule is C=CC12C3CC[N+](Cc4cc(OC)c(OC)c(OC)c4)(CC31)[C@@H]2[C@H](O)c1ccnc2ccc(OC)cc12. The maximum atomic E-state index is 12.2. The Morgan fingerprint density at radius 1 is 1.05 bits per heavy atom. The number of quaternary nitrogens is 1. The molecule has 0 amide bonds. The van der Waals surface area contributed by atoms with E-state index >= 15 is 0 Å². The third-order valence-electron chi connectivity index (χ3n) is 9.38. The number of fused-ring (bicyclic) bond motifs is 2. The summed E-state index contributed by atoms with van der Waals surface area (Å²) in [6, 6.07) is 11.9. The second-order valence-corrected chi connectivity index (χ2v) is 10.7. The van der Waals surface area contributed by atoms with Crippen LogP contribution in [0.15, 0.2) is 55.3 Å². The normalized spacial score (nSPS) is 30.0. The molecule has 1 saturated carbocycles. The lowest BCUT2D eigenvalue weighted by molar-refractivity contribution is -0.969. The van der Waals surface area contributed by atoms with Crippen molar-refractivity contribution in [2.24, 2.45) is 17.3 Å². The minimum Gasteiger partial charge on any atom is -0.497 e. The van der Waals surface area contributed by atoms with Crippen molar-refractivity contribution in [2.45, 2.75) is 25.1 Å². The molecule has 7 rings (SSSR count). The Bertz CT molecular complexity index is 1350. The molecule has 1 aliphatic carbocycles. The Morgan fingerprint density at radius 2 is 1.81 bits per heavy atom. The van der Waals surface area contributed by atoms with E-state index in [-0.39, 0.29) is 11.5 Å². The average molecular weight is 504 g/mol. The summed E-state index contributed by atoms with van der Waals surface area (Å²) in [5.41, 5.74) is 2.79. The molecule has 3 saturated heterocycles. The minimum atomic E-state index is -0.673. The van der Waals surface area contributed by atoms with E-state index in [0.29, 0.717) is 29.1 Å². The second-order valence-electron chi connectivity index (χ2n) is 10.7. The first-order chi connectivity index (χ1) is 18.0. The zero-order chi connectivity index (χ0) is 25.9. The van der Waals surface area contributed by atoms with Crippen LogP contribution in [0.4, 0.5) is 0 Å². The smallest absolute Gasteiger partial charge is 0.203 e. The molecule has 4 unspecified atom stereocenters. The first-order valence-corrected chi connectivity index (χ1v) is 12.8. The molecule has 3 aromatic rings. The molecule has 0 radical (unpaired) electrons. The maximum Gasteiger partial charge on any atom is 0.203 e. The molecule has 4 fully saturated rings. The summed E-state index contributed by atoms with van der Waals surface area (Å²) in [6.45, 7) is 7.11. The third kappa shape index (κ3) is 3.30. The number of aliphatic hydroxyl groups is 1. The molecule has 194 valence electrons. The van der Waals surface area contributed by atoms with Gasteiger partial charge in [0.25, 0.3) is 0 Å². The topological polar surface area (TPSA) is 70.0 Å². The Morgan fingerprint density at radius 3 is 2.46 bits per heavy atom. The van der Waals surface area contributed by atoms with Gasteiger partial charge < -0.3 is 28.5 Å². The van der Waals surface area contributed by atoms with Gasteiger partial charge in [-0.2, -0.15) is 0 Å². The van der Waals surface area contributed by atoms with Crippen LogP contribution in [0.25, 0.3) is 10.9 Å². The standard InChI is InChI=1S/C30H35N2O5/c1-6-30-22-10-12-32(17-23(22)30,16-18-13-25(35-3)28(37-5)26(14-18)36-4)29(30)27(33)20-9-11-31-24-8-7-19(34-2)15-21(20)24/h6-9,11,13-15,22-23,27,29,33H,1,10,12,16-17H2,2-5H3/q+1/t22?,23?,27-,29-,30?,32?/m1/s1. The highest BCUT2D eigenvalue weighted by atomic mass is 16.5. The highest BCUT2D eigenvalue weighted by Gasteiger charge is 2.82. The summed E-state index contributed by atoms with van der Waals surface area (Å²) in [4.78, 5) is 4.55. The molecule has 0 spiro atoms. The highest BCUT2D eigenvalue weighted by molar-refractivity contribution is 5.84. The van der Waals surface area contributed by atoms with Crippen LogP contribution < -0.4 is 18.9 Å². The van der Waals surface area contributed by atoms with Crippen molar-refractivity contribution in [3.05, 3.63) is 66.4 Å². The second kappa shape index (κ2) is 8.64. The fourth-order valence-electron chi connectivity index (χ4n) is 7.90. The molecule has 7 nitrogen and oxygen atoms in total. The largest absolute Gasteiger partial charge is 0.497 e. The van der Waals surface area contributed by atoms with Gasteiger partial charge in [0, 0.05) is 29.5 Å². The fraction of sp³-hybridized carbons (Fsp3) is 0.433. The van der Waals surface area contributed by atoms with Gasteiger partial charge in [-0.1, -0.05) is 6.08 Å².